The molecule has 0 aliphatic heterocycles. The molecule has 0 aliphatic carbocycles. The van der Waals surface area contributed by atoms with Gasteiger partial charge in [-0.05, 0) is 24.6 Å². The fraction of sp³-hybridized carbons (Fsp3) is 0.300. The molecule has 0 saturated heterocycles. The molecule has 1 amide bonds. The van der Waals surface area contributed by atoms with Crippen molar-refractivity contribution in [2.75, 3.05) is 7.05 Å². The summed E-state index contributed by atoms with van der Waals surface area (Å²) in [6.07, 6.45) is 0. The van der Waals surface area contributed by atoms with Gasteiger partial charge in [0.2, 0.25) is 5.91 Å². The summed E-state index contributed by atoms with van der Waals surface area (Å²) in [5, 5.41) is 0.944. The summed E-state index contributed by atoms with van der Waals surface area (Å²) >= 11 is 11.6. The minimum absolute atomic E-state index is 0.115. The van der Waals surface area contributed by atoms with Crippen LogP contribution in [0, 0.1) is 0 Å². The molecule has 0 spiro atoms. The number of hydrogen-bond donors (Lipinski definition) is 2. The number of carbonyl (C=O) groups excluding carboxylic acids is 1. The first-order chi connectivity index (χ1) is 7.06. The first-order valence-electron chi connectivity index (χ1n) is 4.47. The SMILES string of the molecule is CNNC(=O)C(C)c1ccc(Cl)c(Cl)c1. The number of benzene rings is 1. The maximum absolute atomic E-state index is 11.5. The van der Waals surface area contributed by atoms with Crippen LogP contribution >= 0.6 is 23.2 Å². The van der Waals surface area contributed by atoms with Gasteiger partial charge in [-0.3, -0.25) is 10.2 Å². The molecule has 82 valence electrons. The zero-order valence-corrected chi connectivity index (χ0v) is 9.99. The summed E-state index contributed by atoms with van der Waals surface area (Å²) in [6, 6.07) is 5.17. The van der Waals surface area contributed by atoms with Crippen LogP contribution in [-0.4, -0.2) is 13.0 Å². The Kier molecular flexibility index (Phi) is 4.39. The Hall–Kier alpha value is -0.770. The van der Waals surface area contributed by atoms with E-state index in [2.05, 4.69) is 10.9 Å². The average molecular weight is 247 g/mol. The van der Waals surface area contributed by atoms with Crippen LogP contribution in [0.3, 0.4) is 0 Å². The highest BCUT2D eigenvalue weighted by Crippen LogP contribution is 2.26. The second-order valence-corrected chi connectivity index (χ2v) is 3.95. The molecule has 0 radical (unpaired) electrons. The van der Waals surface area contributed by atoms with E-state index in [0.717, 1.165) is 5.56 Å². The molecule has 1 atom stereocenters. The summed E-state index contributed by atoms with van der Waals surface area (Å²) < 4.78 is 0. The second kappa shape index (κ2) is 5.35. The molecule has 5 heteroatoms. The highest BCUT2D eigenvalue weighted by molar-refractivity contribution is 6.42. The number of halogens is 2. The van der Waals surface area contributed by atoms with Gasteiger partial charge in [-0.1, -0.05) is 29.3 Å². The van der Waals surface area contributed by atoms with Crippen molar-refractivity contribution in [3.8, 4) is 0 Å². The molecule has 3 nitrogen and oxygen atoms in total. The summed E-state index contributed by atoms with van der Waals surface area (Å²) in [5.41, 5.74) is 5.93. The van der Waals surface area contributed by atoms with Crippen LogP contribution in [0.4, 0.5) is 0 Å². The lowest BCUT2D eigenvalue weighted by Crippen LogP contribution is -2.37. The van der Waals surface area contributed by atoms with E-state index < -0.39 is 0 Å². The van der Waals surface area contributed by atoms with Crippen molar-refractivity contribution in [1.82, 2.24) is 10.9 Å². The van der Waals surface area contributed by atoms with Gasteiger partial charge in [0.05, 0.1) is 16.0 Å². The van der Waals surface area contributed by atoms with Crippen LogP contribution < -0.4 is 10.9 Å². The van der Waals surface area contributed by atoms with Crippen molar-refractivity contribution in [3.05, 3.63) is 33.8 Å². The number of hydrogen-bond acceptors (Lipinski definition) is 2. The van der Waals surface area contributed by atoms with Gasteiger partial charge in [0, 0.05) is 7.05 Å². The molecule has 0 aliphatic rings. The summed E-state index contributed by atoms with van der Waals surface area (Å²) in [4.78, 5) is 11.5. The van der Waals surface area contributed by atoms with Gasteiger partial charge >= 0.3 is 0 Å². The molecule has 1 rings (SSSR count). The van der Waals surface area contributed by atoms with Crippen molar-refractivity contribution in [3.63, 3.8) is 0 Å². The van der Waals surface area contributed by atoms with E-state index in [1.54, 1.807) is 32.2 Å². The van der Waals surface area contributed by atoms with E-state index in [4.69, 9.17) is 23.2 Å². The standard InChI is InChI=1S/C10H12Cl2N2O/c1-6(10(15)14-13-2)7-3-4-8(11)9(12)5-7/h3-6,13H,1-2H3,(H,14,15). The van der Waals surface area contributed by atoms with Crippen LogP contribution in [0.25, 0.3) is 0 Å². The Morgan fingerprint density at radius 1 is 1.33 bits per heavy atom. The minimum Gasteiger partial charge on any atom is -0.291 e. The van der Waals surface area contributed by atoms with Crippen LogP contribution in [0.2, 0.25) is 10.0 Å². The van der Waals surface area contributed by atoms with Crippen molar-refractivity contribution >= 4 is 29.1 Å². The van der Waals surface area contributed by atoms with Crippen LogP contribution in [0.1, 0.15) is 18.4 Å². The predicted molar refractivity (Wildman–Crippen MR) is 62.1 cm³/mol. The molecule has 0 bridgehead atoms. The van der Waals surface area contributed by atoms with Crippen molar-refractivity contribution in [2.45, 2.75) is 12.8 Å². The van der Waals surface area contributed by atoms with E-state index in [1.165, 1.54) is 0 Å². The molecular weight excluding hydrogens is 235 g/mol. The Labute approximate surface area is 98.7 Å². The number of carbonyl (C=O) groups is 1. The fourth-order valence-corrected chi connectivity index (χ4v) is 1.47. The molecule has 0 aromatic heterocycles. The Morgan fingerprint density at radius 3 is 2.53 bits per heavy atom. The summed E-state index contributed by atoms with van der Waals surface area (Å²) in [6.45, 7) is 1.80. The van der Waals surface area contributed by atoms with E-state index in [-0.39, 0.29) is 11.8 Å². The summed E-state index contributed by atoms with van der Waals surface area (Å²) in [5.74, 6) is -0.386. The average Bonchev–Trinajstić information content (AvgIpc) is 2.21. The second-order valence-electron chi connectivity index (χ2n) is 3.13. The molecule has 15 heavy (non-hydrogen) atoms. The van der Waals surface area contributed by atoms with Gasteiger partial charge in [0.15, 0.2) is 0 Å². The number of rotatable bonds is 3. The third-order valence-electron chi connectivity index (χ3n) is 2.09. The van der Waals surface area contributed by atoms with E-state index in [9.17, 15) is 4.79 Å². The normalized spacial score (nSPS) is 12.3. The maximum atomic E-state index is 11.5. The molecule has 2 N–H and O–H groups in total. The number of amides is 1. The van der Waals surface area contributed by atoms with E-state index in [0.29, 0.717) is 10.0 Å². The van der Waals surface area contributed by atoms with E-state index in [1.807, 2.05) is 0 Å². The van der Waals surface area contributed by atoms with Crippen LogP contribution in [0.5, 0.6) is 0 Å². The molecule has 1 unspecified atom stereocenters. The topological polar surface area (TPSA) is 41.1 Å². The summed E-state index contributed by atoms with van der Waals surface area (Å²) in [7, 11) is 1.64. The minimum atomic E-state index is -0.271. The first-order valence-corrected chi connectivity index (χ1v) is 5.23. The van der Waals surface area contributed by atoms with Crippen LogP contribution in [0.15, 0.2) is 18.2 Å². The highest BCUT2D eigenvalue weighted by Gasteiger charge is 2.15. The van der Waals surface area contributed by atoms with E-state index >= 15 is 0 Å². The maximum Gasteiger partial charge on any atom is 0.241 e. The lowest BCUT2D eigenvalue weighted by Gasteiger charge is -2.12. The number of nitrogens with one attached hydrogen (secondary N) is 2. The van der Waals surface area contributed by atoms with Gasteiger partial charge < -0.3 is 0 Å². The fourth-order valence-electron chi connectivity index (χ4n) is 1.16. The largest absolute Gasteiger partial charge is 0.291 e. The van der Waals surface area contributed by atoms with Gasteiger partial charge in [0.25, 0.3) is 0 Å². The zero-order valence-electron chi connectivity index (χ0n) is 8.47. The molecular formula is C10H12Cl2N2O. The van der Waals surface area contributed by atoms with Crippen molar-refractivity contribution in [1.29, 1.82) is 0 Å². The molecule has 1 aromatic carbocycles. The first kappa shape index (κ1) is 12.3. The van der Waals surface area contributed by atoms with Gasteiger partial charge in [-0.15, -0.1) is 0 Å². The third kappa shape index (κ3) is 3.09. The molecule has 0 heterocycles. The molecule has 1 aromatic rings. The monoisotopic (exact) mass is 246 g/mol. The quantitative estimate of drug-likeness (QED) is 0.805. The molecule has 0 fully saturated rings. The zero-order chi connectivity index (χ0) is 11.4. The lowest BCUT2D eigenvalue weighted by atomic mass is 10.0. The predicted octanol–water partition coefficient (Wildman–Crippen LogP) is 2.35. The highest BCUT2D eigenvalue weighted by atomic mass is 35.5. The van der Waals surface area contributed by atoms with Crippen molar-refractivity contribution < 1.29 is 4.79 Å². The lowest BCUT2D eigenvalue weighted by molar-refractivity contribution is -0.123. The van der Waals surface area contributed by atoms with Gasteiger partial charge in [0.1, 0.15) is 0 Å². The Morgan fingerprint density at radius 2 is 2.00 bits per heavy atom. The molecule has 0 saturated carbocycles. The Balaban J connectivity index is 2.86. The van der Waals surface area contributed by atoms with Gasteiger partial charge in [-0.25, -0.2) is 5.43 Å². The smallest absolute Gasteiger partial charge is 0.241 e. The van der Waals surface area contributed by atoms with Gasteiger partial charge in [-0.2, -0.15) is 0 Å². The number of hydrazine groups is 1. The Bertz CT molecular complexity index is 368. The van der Waals surface area contributed by atoms with Crippen molar-refractivity contribution in [2.24, 2.45) is 0 Å². The van der Waals surface area contributed by atoms with Crippen LogP contribution in [-0.2, 0) is 4.79 Å². The third-order valence-corrected chi connectivity index (χ3v) is 2.82.